The second-order valence-electron chi connectivity index (χ2n) is 5.43. The molecule has 0 heterocycles. The van der Waals surface area contributed by atoms with Crippen molar-refractivity contribution in [2.75, 3.05) is 0 Å². The van der Waals surface area contributed by atoms with E-state index in [1.165, 1.54) is 31.0 Å². The fourth-order valence-corrected chi connectivity index (χ4v) is 3.11. The lowest BCUT2D eigenvalue weighted by Crippen LogP contribution is -2.22. The number of nitro groups is 1. The van der Waals surface area contributed by atoms with E-state index in [1.807, 2.05) is 0 Å². The first-order chi connectivity index (χ1) is 9.63. The Labute approximate surface area is 116 Å². The molecular weight excluding hydrogens is 258 g/mol. The van der Waals surface area contributed by atoms with Crippen molar-refractivity contribution in [3.63, 3.8) is 0 Å². The molecule has 0 aromatic heterocycles. The molecule has 2 bridgehead atoms. The number of nitrogens with zero attached hydrogens (tertiary/aromatic N) is 2. The van der Waals surface area contributed by atoms with Crippen LogP contribution in [-0.4, -0.2) is 16.5 Å². The van der Waals surface area contributed by atoms with E-state index < -0.39 is 10.8 Å². The second kappa shape index (κ2) is 5.03. The van der Waals surface area contributed by atoms with Crippen molar-refractivity contribution >= 4 is 17.3 Å². The average molecular weight is 273 g/mol. The first-order valence-electron chi connectivity index (χ1n) is 6.74. The van der Waals surface area contributed by atoms with Gasteiger partial charge in [-0.3, -0.25) is 14.9 Å². The van der Waals surface area contributed by atoms with Gasteiger partial charge in [0.05, 0.1) is 4.92 Å². The molecule has 2 aliphatic rings. The zero-order chi connectivity index (χ0) is 14.1. The van der Waals surface area contributed by atoms with E-state index in [9.17, 15) is 14.9 Å². The number of benzene rings is 1. The summed E-state index contributed by atoms with van der Waals surface area (Å²) >= 11 is 0. The van der Waals surface area contributed by atoms with Crippen LogP contribution in [0.3, 0.4) is 0 Å². The van der Waals surface area contributed by atoms with Gasteiger partial charge in [0.15, 0.2) is 0 Å². The van der Waals surface area contributed by atoms with Crippen LogP contribution in [-0.2, 0) is 0 Å². The highest BCUT2D eigenvalue weighted by atomic mass is 16.6. The van der Waals surface area contributed by atoms with E-state index in [4.69, 9.17) is 0 Å². The minimum Gasteiger partial charge on any atom is -0.267 e. The molecule has 1 N–H and O–H groups in total. The van der Waals surface area contributed by atoms with E-state index in [2.05, 4.69) is 10.5 Å². The number of hydrogen-bond acceptors (Lipinski definition) is 4. The molecule has 0 radical (unpaired) electrons. The molecule has 1 aromatic carbocycles. The molecule has 6 nitrogen and oxygen atoms in total. The zero-order valence-corrected chi connectivity index (χ0v) is 10.9. The van der Waals surface area contributed by atoms with Gasteiger partial charge in [-0.1, -0.05) is 6.07 Å². The monoisotopic (exact) mass is 273 g/mol. The van der Waals surface area contributed by atoms with Gasteiger partial charge >= 0.3 is 0 Å². The van der Waals surface area contributed by atoms with Gasteiger partial charge in [-0.05, 0) is 43.6 Å². The minimum absolute atomic E-state index is 0.0924. The number of carbonyl (C=O) groups is 1. The Balaban J connectivity index is 1.69. The van der Waals surface area contributed by atoms with Crippen molar-refractivity contribution in [3.05, 3.63) is 39.9 Å². The minimum atomic E-state index is -0.515. The predicted molar refractivity (Wildman–Crippen MR) is 73.4 cm³/mol. The number of carbonyl (C=O) groups excluding carboxylic acids is 1. The summed E-state index contributed by atoms with van der Waals surface area (Å²) in [6.07, 6.45) is 4.59. The Hall–Kier alpha value is -2.24. The second-order valence-corrected chi connectivity index (χ2v) is 5.43. The van der Waals surface area contributed by atoms with Crippen LogP contribution in [0.15, 0.2) is 29.4 Å². The quantitative estimate of drug-likeness (QED) is 0.678. The van der Waals surface area contributed by atoms with Gasteiger partial charge < -0.3 is 0 Å². The largest absolute Gasteiger partial charge is 0.271 e. The number of fused-ring (bicyclic) bond motifs is 2. The fourth-order valence-electron chi connectivity index (χ4n) is 3.11. The summed E-state index contributed by atoms with van der Waals surface area (Å²) in [5.74, 6) is 0.850. The van der Waals surface area contributed by atoms with E-state index >= 15 is 0 Å². The van der Waals surface area contributed by atoms with Gasteiger partial charge in [0.25, 0.3) is 11.6 Å². The summed E-state index contributed by atoms with van der Waals surface area (Å²) in [4.78, 5) is 22.1. The van der Waals surface area contributed by atoms with E-state index in [0.717, 1.165) is 24.5 Å². The standard InChI is InChI=1S/C14H15N3O3/c18-14(11-2-1-3-12(8-11)17(19)20)16-15-13-7-9-4-5-10(13)6-9/h1-3,8-10H,4-7H2,(H,16,18). The molecule has 2 fully saturated rings. The molecule has 6 heteroatoms. The summed E-state index contributed by atoms with van der Waals surface area (Å²) in [5.41, 5.74) is 3.75. The third-order valence-electron chi connectivity index (χ3n) is 4.13. The number of hydrogen-bond donors (Lipinski definition) is 1. The maximum absolute atomic E-state index is 11.9. The predicted octanol–water partition coefficient (Wildman–Crippen LogP) is 2.50. The number of amides is 1. The van der Waals surface area contributed by atoms with Crippen LogP contribution in [0.5, 0.6) is 0 Å². The number of hydrazone groups is 1. The Morgan fingerprint density at radius 3 is 2.90 bits per heavy atom. The third-order valence-corrected chi connectivity index (χ3v) is 4.13. The number of rotatable bonds is 3. The van der Waals surface area contributed by atoms with Crippen molar-refractivity contribution < 1.29 is 9.72 Å². The van der Waals surface area contributed by atoms with E-state index in [1.54, 1.807) is 6.07 Å². The van der Waals surface area contributed by atoms with Crippen molar-refractivity contribution in [1.82, 2.24) is 5.43 Å². The molecule has 3 rings (SSSR count). The highest BCUT2D eigenvalue weighted by Gasteiger charge is 2.36. The molecule has 104 valence electrons. The highest BCUT2D eigenvalue weighted by Crippen LogP contribution is 2.42. The summed E-state index contributed by atoms with van der Waals surface area (Å²) in [6.45, 7) is 0. The lowest BCUT2D eigenvalue weighted by atomic mass is 9.99. The van der Waals surface area contributed by atoms with Crippen LogP contribution in [0.2, 0.25) is 0 Å². The maximum Gasteiger partial charge on any atom is 0.271 e. The van der Waals surface area contributed by atoms with E-state index in [0.29, 0.717) is 5.92 Å². The molecule has 0 spiro atoms. The van der Waals surface area contributed by atoms with Crippen molar-refractivity contribution in [2.45, 2.75) is 25.7 Å². The summed E-state index contributed by atoms with van der Waals surface area (Å²) in [5, 5.41) is 14.9. The van der Waals surface area contributed by atoms with Gasteiger partial charge in [0, 0.05) is 23.4 Å². The Morgan fingerprint density at radius 2 is 2.25 bits per heavy atom. The molecule has 1 aromatic rings. The first-order valence-corrected chi connectivity index (χ1v) is 6.74. The van der Waals surface area contributed by atoms with Crippen LogP contribution in [0.1, 0.15) is 36.0 Å². The number of non-ortho nitro benzene ring substituents is 1. The number of nitro benzene ring substituents is 1. The van der Waals surface area contributed by atoms with Crippen molar-refractivity contribution in [1.29, 1.82) is 0 Å². The Kier molecular flexibility index (Phi) is 3.22. The summed E-state index contributed by atoms with van der Waals surface area (Å²) in [7, 11) is 0. The SMILES string of the molecule is O=C(NN=C1CC2CCC1C2)c1cccc([N+](=O)[O-])c1. The molecule has 0 saturated heterocycles. The average Bonchev–Trinajstić information content (AvgIpc) is 3.07. The van der Waals surface area contributed by atoms with Gasteiger partial charge in [0.1, 0.15) is 0 Å². The molecule has 2 saturated carbocycles. The highest BCUT2D eigenvalue weighted by molar-refractivity contribution is 5.96. The van der Waals surface area contributed by atoms with Crippen molar-refractivity contribution in [3.8, 4) is 0 Å². The van der Waals surface area contributed by atoms with Crippen LogP contribution in [0, 0.1) is 22.0 Å². The fraction of sp³-hybridized carbons (Fsp3) is 0.429. The van der Waals surface area contributed by atoms with E-state index in [-0.39, 0.29) is 11.3 Å². The molecule has 0 aliphatic heterocycles. The van der Waals surface area contributed by atoms with Gasteiger partial charge in [-0.2, -0.15) is 5.10 Å². The number of nitrogens with one attached hydrogen (secondary N) is 1. The molecule has 1 amide bonds. The summed E-state index contributed by atoms with van der Waals surface area (Å²) < 4.78 is 0. The molecule has 2 atom stereocenters. The molecule has 2 unspecified atom stereocenters. The summed E-state index contributed by atoms with van der Waals surface area (Å²) in [6, 6.07) is 5.66. The van der Waals surface area contributed by atoms with Crippen LogP contribution in [0.25, 0.3) is 0 Å². The Morgan fingerprint density at radius 1 is 1.40 bits per heavy atom. The van der Waals surface area contributed by atoms with Crippen LogP contribution < -0.4 is 5.43 Å². The molecular formula is C14H15N3O3. The third kappa shape index (κ3) is 2.41. The van der Waals surface area contributed by atoms with Crippen LogP contribution in [0.4, 0.5) is 5.69 Å². The maximum atomic E-state index is 11.9. The van der Waals surface area contributed by atoms with Gasteiger partial charge in [-0.25, -0.2) is 5.43 Å². The van der Waals surface area contributed by atoms with Crippen LogP contribution >= 0.6 is 0 Å². The smallest absolute Gasteiger partial charge is 0.267 e. The first kappa shape index (κ1) is 12.8. The zero-order valence-electron chi connectivity index (χ0n) is 10.9. The van der Waals surface area contributed by atoms with Gasteiger partial charge in [0.2, 0.25) is 0 Å². The molecule has 2 aliphatic carbocycles. The molecule has 20 heavy (non-hydrogen) atoms. The normalized spacial score (nSPS) is 25.9. The topological polar surface area (TPSA) is 84.6 Å². The van der Waals surface area contributed by atoms with Gasteiger partial charge in [-0.15, -0.1) is 0 Å². The lowest BCUT2D eigenvalue weighted by Gasteiger charge is -2.11. The van der Waals surface area contributed by atoms with Crippen molar-refractivity contribution in [2.24, 2.45) is 16.9 Å². The lowest BCUT2D eigenvalue weighted by molar-refractivity contribution is -0.384. The Bertz CT molecular complexity index is 597.